The van der Waals surface area contributed by atoms with Crippen molar-refractivity contribution >= 4 is 5.91 Å². The van der Waals surface area contributed by atoms with E-state index < -0.39 is 0 Å². The van der Waals surface area contributed by atoms with Crippen LogP contribution in [0, 0.1) is 11.8 Å². The average Bonchev–Trinajstić information content (AvgIpc) is 3.11. The zero-order valence-corrected chi connectivity index (χ0v) is 12.2. The maximum absolute atomic E-state index is 12.4. The van der Waals surface area contributed by atoms with Crippen molar-refractivity contribution in [2.24, 2.45) is 17.6 Å². The van der Waals surface area contributed by atoms with Crippen LogP contribution < -0.4 is 5.73 Å². The first-order valence-corrected chi connectivity index (χ1v) is 7.02. The molecule has 0 saturated heterocycles. The molecule has 4 nitrogen and oxygen atoms in total. The molecule has 0 aliphatic heterocycles. The maximum Gasteiger partial charge on any atom is 0.239 e. The van der Waals surface area contributed by atoms with E-state index in [-0.39, 0.29) is 11.9 Å². The first-order valence-electron chi connectivity index (χ1n) is 7.02. The molecule has 0 spiro atoms. The Bertz CT molecular complexity index is 265. The van der Waals surface area contributed by atoms with E-state index in [9.17, 15) is 4.79 Å². The lowest BCUT2D eigenvalue weighted by molar-refractivity contribution is -0.136. The highest BCUT2D eigenvalue weighted by molar-refractivity contribution is 5.82. The maximum atomic E-state index is 12.4. The van der Waals surface area contributed by atoms with Crippen LogP contribution in [0.15, 0.2) is 0 Å². The van der Waals surface area contributed by atoms with Crippen molar-refractivity contribution in [3.63, 3.8) is 0 Å². The predicted octanol–water partition coefficient (Wildman–Crippen LogP) is 1.63. The number of rotatable bonds is 8. The standard InChI is InChI=1S/C14H28N2O2/c1-10(2)9-13(15)14(17)16(7-8-18-4)11(3)12-5-6-12/h10-13H,5-9,15H2,1-4H3/t11?,13-/m0/s1. The van der Waals surface area contributed by atoms with Gasteiger partial charge >= 0.3 is 0 Å². The van der Waals surface area contributed by atoms with Gasteiger partial charge in [-0.2, -0.15) is 0 Å². The Kier molecular flexibility index (Phi) is 6.09. The number of methoxy groups -OCH3 is 1. The summed E-state index contributed by atoms with van der Waals surface area (Å²) in [5.74, 6) is 1.20. The molecule has 18 heavy (non-hydrogen) atoms. The molecule has 1 aliphatic carbocycles. The highest BCUT2D eigenvalue weighted by atomic mass is 16.5. The Hall–Kier alpha value is -0.610. The number of carbonyl (C=O) groups is 1. The van der Waals surface area contributed by atoms with E-state index in [0.717, 1.165) is 6.42 Å². The predicted molar refractivity (Wildman–Crippen MR) is 73.2 cm³/mol. The molecule has 0 radical (unpaired) electrons. The fourth-order valence-corrected chi connectivity index (χ4v) is 2.36. The summed E-state index contributed by atoms with van der Waals surface area (Å²) in [6.07, 6.45) is 3.22. The largest absolute Gasteiger partial charge is 0.383 e. The van der Waals surface area contributed by atoms with Gasteiger partial charge in [-0.15, -0.1) is 0 Å². The van der Waals surface area contributed by atoms with Crippen molar-refractivity contribution in [2.75, 3.05) is 20.3 Å². The molecule has 1 aliphatic rings. The van der Waals surface area contributed by atoms with Crippen molar-refractivity contribution in [1.82, 2.24) is 4.90 Å². The summed E-state index contributed by atoms with van der Waals surface area (Å²) in [5, 5.41) is 0. The molecule has 0 heterocycles. The summed E-state index contributed by atoms with van der Waals surface area (Å²) in [6, 6.07) is -0.0751. The minimum absolute atomic E-state index is 0.0835. The number of ether oxygens (including phenoxy) is 1. The number of nitrogens with two attached hydrogens (primary N) is 1. The zero-order chi connectivity index (χ0) is 13.7. The second-order valence-corrected chi connectivity index (χ2v) is 5.84. The van der Waals surface area contributed by atoms with E-state index in [0.29, 0.717) is 31.0 Å². The fourth-order valence-electron chi connectivity index (χ4n) is 2.36. The van der Waals surface area contributed by atoms with E-state index >= 15 is 0 Å². The van der Waals surface area contributed by atoms with Crippen molar-refractivity contribution in [3.05, 3.63) is 0 Å². The van der Waals surface area contributed by atoms with Crippen molar-refractivity contribution in [2.45, 2.75) is 52.1 Å². The quantitative estimate of drug-likeness (QED) is 0.718. The summed E-state index contributed by atoms with van der Waals surface area (Å²) in [7, 11) is 1.67. The van der Waals surface area contributed by atoms with Gasteiger partial charge < -0.3 is 15.4 Å². The zero-order valence-electron chi connectivity index (χ0n) is 12.2. The first-order chi connectivity index (χ1) is 8.47. The molecule has 1 fully saturated rings. The van der Waals surface area contributed by atoms with Crippen LogP contribution in [-0.4, -0.2) is 43.2 Å². The highest BCUT2D eigenvalue weighted by Gasteiger charge is 2.35. The molecule has 0 aromatic rings. The Morgan fingerprint density at radius 2 is 2.00 bits per heavy atom. The fraction of sp³-hybridized carbons (Fsp3) is 0.929. The van der Waals surface area contributed by atoms with Gasteiger partial charge in [0.2, 0.25) is 5.91 Å². The number of hydrogen-bond acceptors (Lipinski definition) is 3. The van der Waals surface area contributed by atoms with Crippen LogP contribution in [0.5, 0.6) is 0 Å². The van der Waals surface area contributed by atoms with Crippen LogP contribution in [0.1, 0.15) is 40.0 Å². The number of carbonyl (C=O) groups excluding carboxylic acids is 1. The van der Waals surface area contributed by atoms with Crippen molar-refractivity contribution in [3.8, 4) is 0 Å². The lowest BCUT2D eigenvalue weighted by atomic mass is 10.0. The number of hydrogen-bond donors (Lipinski definition) is 1. The van der Waals surface area contributed by atoms with Gasteiger partial charge in [0.1, 0.15) is 0 Å². The smallest absolute Gasteiger partial charge is 0.239 e. The van der Waals surface area contributed by atoms with Crippen LogP contribution in [0.3, 0.4) is 0 Å². The summed E-state index contributed by atoms with van der Waals surface area (Å²) in [4.78, 5) is 14.3. The Labute approximate surface area is 111 Å². The van der Waals surface area contributed by atoms with E-state index in [1.165, 1.54) is 12.8 Å². The second kappa shape index (κ2) is 7.10. The monoisotopic (exact) mass is 256 g/mol. The topological polar surface area (TPSA) is 55.6 Å². The third kappa shape index (κ3) is 4.58. The molecule has 4 heteroatoms. The van der Waals surface area contributed by atoms with E-state index in [1.807, 2.05) is 4.90 Å². The van der Waals surface area contributed by atoms with E-state index in [2.05, 4.69) is 20.8 Å². The summed E-state index contributed by atoms with van der Waals surface area (Å²) < 4.78 is 5.10. The highest BCUT2D eigenvalue weighted by Crippen LogP contribution is 2.35. The van der Waals surface area contributed by atoms with Gasteiger partial charge in [-0.05, 0) is 38.0 Å². The molecule has 1 amide bonds. The SMILES string of the molecule is COCCN(C(=O)[C@@H](N)CC(C)C)C(C)C1CC1. The van der Waals surface area contributed by atoms with Crippen LogP contribution in [-0.2, 0) is 9.53 Å². The van der Waals surface area contributed by atoms with Crippen molar-refractivity contribution in [1.29, 1.82) is 0 Å². The molecular weight excluding hydrogens is 228 g/mol. The summed E-state index contributed by atoms with van der Waals surface area (Å²) in [6.45, 7) is 7.55. The van der Waals surface area contributed by atoms with Gasteiger partial charge in [0.05, 0.1) is 12.6 Å². The molecule has 0 aromatic heterocycles. The van der Waals surface area contributed by atoms with Gasteiger partial charge in [-0.1, -0.05) is 13.8 Å². The third-order valence-electron chi connectivity index (χ3n) is 3.66. The van der Waals surface area contributed by atoms with Gasteiger partial charge in [0.15, 0.2) is 0 Å². The molecule has 2 atom stereocenters. The molecular formula is C14H28N2O2. The van der Waals surface area contributed by atoms with Gasteiger partial charge in [-0.3, -0.25) is 4.79 Å². The molecule has 1 unspecified atom stereocenters. The normalized spacial score (nSPS) is 18.8. The molecule has 2 N–H and O–H groups in total. The summed E-state index contributed by atoms with van der Waals surface area (Å²) >= 11 is 0. The second-order valence-electron chi connectivity index (χ2n) is 5.84. The van der Waals surface area contributed by atoms with Gasteiger partial charge in [0.25, 0.3) is 0 Å². The lowest BCUT2D eigenvalue weighted by Gasteiger charge is -2.32. The van der Waals surface area contributed by atoms with Gasteiger partial charge in [0, 0.05) is 19.7 Å². The first kappa shape index (κ1) is 15.4. The average molecular weight is 256 g/mol. The van der Waals surface area contributed by atoms with Gasteiger partial charge in [-0.25, -0.2) is 0 Å². The van der Waals surface area contributed by atoms with Crippen molar-refractivity contribution < 1.29 is 9.53 Å². The Morgan fingerprint density at radius 1 is 1.39 bits per heavy atom. The van der Waals surface area contributed by atoms with Crippen LogP contribution in [0.25, 0.3) is 0 Å². The molecule has 0 aromatic carbocycles. The molecule has 0 bridgehead atoms. The minimum atomic E-state index is -0.372. The Morgan fingerprint density at radius 3 is 2.44 bits per heavy atom. The summed E-state index contributed by atoms with van der Waals surface area (Å²) in [5.41, 5.74) is 6.02. The van der Waals surface area contributed by atoms with Crippen LogP contribution in [0.4, 0.5) is 0 Å². The molecule has 1 rings (SSSR count). The lowest BCUT2D eigenvalue weighted by Crippen LogP contribution is -2.50. The van der Waals surface area contributed by atoms with Crippen LogP contribution >= 0.6 is 0 Å². The minimum Gasteiger partial charge on any atom is -0.383 e. The van der Waals surface area contributed by atoms with E-state index in [1.54, 1.807) is 7.11 Å². The Balaban J connectivity index is 2.59. The van der Waals surface area contributed by atoms with Crippen LogP contribution in [0.2, 0.25) is 0 Å². The number of nitrogens with zero attached hydrogens (tertiary/aromatic N) is 1. The van der Waals surface area contributed by atoms with E-state index in [4.69, 9.17) is 10.5 Å². The molecule has 106 valence electrons. The molecule has 1 saturated carbocycles. The third-order valence-corrected chi connectivity index (χ3v) is 3.66. The number of amides is 1.